The molecular weight excluding hydrogens is 218 g/mol. The maximum Gasteiger partial charge on any atom is 0.307 e. The number of carboxylic acid groups (broad SMARTS) is 1. The highest BCUT2D eigenvalue weighted by atomic mass is 16.4. The van der Waals surface area contributed by atoms with Crippen LogP contribution in [0, 0.1) is 17.3 Å². The Morgan fingerprint density at radius 1 is 1.24 bits per heavy atom. The summed E-state index contributed by atoms with van der Waals surface area (Å²) in [6, 6.07) is 0.266. The Kier molecular flexibility index (Phi) is 2.92. The van der Waals surface area contributed by atoms with Crippen LogP contribution in [0.5, 0.6) is 0 Å². The summed E-state index contributed by atoms with van der Waals surface area (Å²) in [6.07, 6.45) is 3.25. The van der Waals surface area contributed by atoms with Gasteiger partial charge in [0, 0.05) is 12.6 Å². The van der Waals surface area contributed by atoms with Gasteiger partial charge in [0.2, 0.25) is 5.91 Å². The summed E-state index contributed by atoms with van der Waals surface area (Å²) in [7, 11) is 0. The number of nitrogens with zero attached hydrogens (tertiary/aromatic N) is 1. The molecule has 1 saturated carbocycles. The van der Waals surface area contributed by atoms with Crippen LogP contribution in [0.3, 0.4) is 0 Å². The normalized spacial score (nSPS) is 35.5. The molecule has 4 heteroatoms. The standard InChI is InChI=1S/C13H21NO3/c1-8-6-4-5-7-14(8)11(15)9-10(12(16)17)13(9,2)3/h8-10H,4-7H2,1-3H3,(H,16,17)/t8?,9-,10+/m1/s1. The average Bonchev–Trinajstić information content (AvgIpc) is 2.81. The lowest BCUT2D eigenvalue weighted by atomic mass is 10.0. The van der Waals surface area contributed by atoms with Gasteiger partial charge in [-0.1, -0.05) is 13.8 Å². The van der Waals surface area contributed by atoms with Crippen LogP contribution < -0.4 is 0 Å². The van der Waals surface area contributed by atoms with Gasteiger partial charge in [-0.2, -0.15) is 0 Å². The zero-order valence-electron chi connectivity index (χ0n) is 10.8. The van der Waals surface area contributed by atoms with Crippen LogP contribution in [0.25, 0.3) is 0 Å². The van der Waals surface area contributed by atoms with Crippen LogP contribution in [0.15, 0.2) is 0 Å². The summed E-state index contributed by atoms with van der Waals surface area (Å²) in [5.41, 5.74) is -0.375. The monoisotopic (exact) mass is 239 g/mol. The highest BCUT2D eigenvalue weighted by molar-refractivity contribution is 5.91. The number of aliphatic carboxylic acids is 1. The second kappa shape index (κ2) is 4.00. The lowest BCUT2D eigenvalue weighted by Crippen LogP contribution is -2.43. The van der Waals surface area contributed by atoms with Crippen molar-refractivity contribution in [2.45, 2.75) is 46.1 Å². The second-order valence-electron chi connectivity index (χ2n) is 5.99. The molecule has 1 aliphatic heterocycles. The molecule has 1 heterocycles. The number of likely N-dealkylation sites (tertiary alicyclic amines) is 1. The minimum absolute atomic E-state index is 0.0506. The zero-order valence-corrected chi connectivity index (χ0v) is 10.8. The first-order chi connectivity index (χ1) is 7.87. The first kappa shape index (κ1) is 12.4. The van der Waals surface area contributed by atoms with Gasteiger partial charge in [0.1, 0.15) is 0 Å². The first-order valence-corrected chi connectivity index (χ1v) is 6.40. The summed E-state index contributed by atoms with van der Waals surface area (Å²) >= 11 is 0. The predicted molar refractivity (Wildman–Crippen MR) is 63.4 cm³/mol. The molecule has 1 unspecified atom stereocenters. The molecule has 0 aromatic rings. The second-order valence-corrected chi connectivity index (χ2v) is 5.99. The quantitative estimate of drug-likeness (QED) is 0.798. The Balaban J connectivity index is 2.08. The van der Waals surface area contributed by atoms with E-state index in [1.54, 1.807) is 0 Å². The highest BCUT2D eigenvalue weighted by Gasteiger charge is 2.66. The molecule has 2 fully saturated rings. The van der Waals surface area contributed by atoms with Crippen LogP contribution in [0.1, 0.15) is 40.0 Å². The van der Waals surface area contributed by atoms with Crippen molar-refractivity contribution in [3.8, 4) is 0 Å². The van der Waals surface area contributed by atoms with Crippen LogP contribution in [0.2, 0.25) is 0 Å². The van der Waals surface area contributed by atoms with Crippen molar-refractivity contribution in [3.63, 3.8) is 0 Å². The molecule has 0 spiro atoms. The van der Waals surface area contributed by atoms with Gasteiger partial charge in [-0.25, -0.2) is 0 Å². The maximum absolute atomic E-state index is 12.4. The molecule has 1 aliphatic carbocycles. The fourth-order valence-electron chi connectivity index (χ4n) is 3.16. The van der Waals surface area contributed by atoms with E-state index in [0.29, 0.717) is 0 Å². The van der Waals surface area contributed by atoms with Gasteiger partial charge < -0.3 is 10.0 Å². The lowest BCUT2D eigenvalue weighted by Gasteiger charge is -2.34. The van der Waals surface area contributed by atoms with E-state index >= 15 is 0 Å². The number of rotatable bonds is 2. The summed E-state index contributed by atoms with van der Waals surface area (Å²) in [6.45, 7) is 6.60. The topological polar surface area (TPSA) is 57.6 Å². The van der Waals surface area contributed by atoms with Crippen LogP contribution >= 0.6 is 0 Å². The van der Waals surface area contributed by atoms with Crippen molar-refractivity contribution in [1.29, 1.82) is 0 Å². The summed E-state index contributed by atoms with van der Waals surface area (Å²) in [4.78, 5) is 25.3. The SMILES string of the molecule is CC1CCCCN1C(=O)[C@H]1[C@@H](C(=O)O)C1(C)C. The summed E-state index contributed by atoms with van der Waals surface area (Å²) in [5.74, 6) is -1.60. The number of hydrogen-bond acceptors (Lipinski definition) is 2. The van der Waals surface area contributed by atoms with E-state index in [9.17, 15) is 9.59 Å². The predicted octanol–water partition coefficient (Wildman–Crippen LogP) is 1.74. The third-order valence-electron chi connectivity index (χ3n) is 4.45. The molecule has 3 atom stereocenters. The van der Waals surface area contributed by atoms with Crippen molar-refractivity contribution in [2.75, 3.05) is 6.54 Å². The van der Waals surface area contributed by atoms with E-state index in [4.69, 9.17) is 5.11 Å². The van der Waals surface area contributed by atoms with Gasteiger partial charge in [0.15, 0.2) is 0 Å². The molecule has 96 valence electrons. The number of piperidine rings is 1. The van der Waals surface area contributed by atoms with E-state index in [2.05, 4.69) is 6.92 Å². The minimum atomic E-state index is -0.835. The minimum Gasteiger partial charge on any atom is -0.481 e. The third-order valence-corrected chi connectivity index (χ3v) is 4.45. The van der Waals surface area contributed by atoms with E-state index in [1.165, 1.54) is 6.42 Å². The maximum atomic E-state index is 12.4. The van der Waals surface area contributed by atoms with Crippen molar-refractivity contribution < 1.29 is 14.7 Å². The Bertz CT molecular complexity index is 351. The molecule has 1 amide bonds. The van der Waals surface area contributed by atoms with Crippen molar-refractivity contribution >= 4 is 11.9 Å². The Labute approximate surface area is 102 Å². The van der Waals surface area contributed by atoms with Crippen molar-refractivity contribution in [2.24, 2.45) is 17.3 Å². The molecular formula is C13H21NO3. The zero-order chi connectivity index (χ0) is 12.8. The molecule has 0 aromatic carbocycles. The van der Waals surface area contributed by atoms with Crippen molar-refractivity contribution in [1.82, 2.24) is 4.90 Å². The number of carboxylic acids is 1. The third kappa shape index (κ3) is 1.94. The largest absolute Gasteiger partial charge is 0.481 e. The molecule has 0 radical (unpaired) electrons. The van der Waals surface area contributed by atoms with Gasteiger partial charge in [0.05, 0.1) is 11.8 Å². The van der Waals surface area contributed by atoms with Gasteiger partial charge in [-0.15, -0.1) is 0 Å². The molecule has 17 heavy (non-hydrogen) atoms. The average molecular weight is 239 g/mol. The van der Waals surface area contributed by atoms with E-state index in [1.807, 2.05) is 18.7 Å². The van der Waals surface area contributed by atoms with E-state index < -0.39 is 11.9 Å². The number of carbonyl (C=O) groups is 2. The van der Waals surface area contributed by atoms with Crippen LogP contribution in [-0.2, 0) is 9.59 Å². The summed E-state index contributed by atoms with van der Waals surface area (Å²) in [5, 5.41) is 9.10. The molecule has 1 saturated heterocycles. The smallest absolute Gasteiger partial charge is 0.307 e. The molecule has 4 nitrogen and oxygen atoms in total. The van der Waals surface area contributed by atoms with Crippen molar-refractivity contribution in [3.05, 3.63) is 0 Å². The van der Waals surface area contributed by atoms with Crippen LogP contribution in [0.4, 0.5) is 0 Å². The van der Waals surface area contributed by atoms with Gasteiger partial charge in [0.25, 0.3) is 0 Å². The summed E-state index contributed by atoms with van der Waals surface area (Å²) < 4.78 is 0. The fraction of sp³-hybridized carbons (Fsp3) is 0.846. The Hall–Kier alpha value is -1.06. The van der Waals surface area contributed by atoms with E-state index in [0.717, 1.165) is 19.4 Å². The van der Waals surface area contributed by atoms with Gasteiger partial charge >= 0.3 is 5.97 Å². The Morgan fingerprint density at radius 2 is 1.88 bits per heavy atom. The number of carbonyl (C=O) groups excluding carboxylic acids is 1. The molecule has 0 bridgehead atoms. The molecule has 1 N–H and O–H groups in total. The molecule has 2 aliphatic rings. The van der Waals surface area contributed by atoms with Gasteiger partial charge in [-0.05, 0) is 31.6 Å². The van der Waals surface area contributed by atoms with E-state index in [-0.39, 0.29) is 23.3 Å². The first-order valence-electron chi connectivity index (χ1n) is 6.40. The lowest BCUT2D eigenvalue weighted by molar-refractivity contribution is -0.143. The molecule has 0 aromatic heterocycles. The Morgan fingerprint density at radius 3 is 2.35 bits per heavy atom. The number of amides is 1. The highest BCUT2D eigenvalue weighted by Crippen LogP contribution is 2.59. The fourth-order valence-corrected chi connectivity index (χ4v) is 3.16. The number of hydrogen-bond donors (Lipinski definition) is 1. The van der Waals surface area contributed by atoms with Gasteiger partial charge in [-0.3, -0.25) is 9.59 Å². The van der Waals surface area contributed by atoms with Crippen LogP contribution in [-0.4, -0.2) is 34.5 Å². The molecule has 2 rings (SSSR count).